The Kier molecular flexibility index (Phi) is 2.94. The van der Waals surface area contributed by atoms with Crippen LogP contribution in [0, 0.1) is 12.3 Å². The molecule has 0 amide bonds. The van der Waals surface area contributed by atoms with Gasteiger partial charge in [-0.2, -0.15) is 0 Å². The molecule has 0 aliphatic heterocycles. The van der Waals surface area contributed by atoms with E-state index >= 15 is 0 Å². The number of thiophene rings is 1. The predicted molar refractivity (Wildman–Crippen MR) is 54.1 cm³/mol. The molecule has 1 atom stereocenters. The molecule has 3 nitrogen and oxygen atoms in total. The Labute approximate surface area is 86.3 Å². The molecule has 4 heteroatoms. The standard InChI is InChI=1S/C10H10O3S/c1-4-10(2,12)8-6-5-7(14-8)9(11)13-3/h1,5-6,12H,2-3H3. The van der Waals surface area contributed by atoms with Gasteiger partial charge in [-0.05, 0) is 19.1 Å². The molecule has 0 saturated heterocycles. The number of hydrogen-bond donors (Lipinski definition) is 1. The van der Waals surface area contributed by atoms with E-state index in [1.165, 1.54) is 14.0 Å². The summed E-state index contributed by atoms with van der Waals surface area (Å²) in [5, 5.41) is 9.68. The molecule has 1 aromatic rings. The second kappa shape index (κ2) is 3.82. The van der Waals surface area contributed by atoms with Crippen LogP contribution >= 0.6 is 11.3 Å². The summed E-state index contributed by atoms with van der Waals surface area (Å²) in [6.07, 6.45) is 5.15. The molecule has 1 unspecified atom stereocenters. The number of ether oxygens (including phenoxy) is 1. The van der Waals surface area contributed by atoms with Crippen molar-refractivity contribution in [3.8, 4) is 12.3 Å². The first-order chi connectivity index (χ1) is 6.51. The Bertz CT molecular complexity index is 384. The highest BCUT2D eigenvalue weighted by Crippen LogP contribution is 2.27. The maximum absolute atomic E-state index is 11.1. The van der Waals surface area contributed by atoms with Gasteiger partial charge >= 0.3 is 5.97 Å². The zero-order valence-electron chi connectivity index (χ0n) is 7.90. The van der Waals surface area contributed by atoms with Crippen LogP contribution in [0.25, 0.3) is 0 Å². The Morgan fingerprint density at radius 3 is 2.86 bits per heavy atom. The van der Waals surface area contributed by atoms with Crippen LogP contribution < -0.4 is 0 Å². The van der Waals surface area contributed by atoms with Crippen LogP contribution in [-0.4, -0.2) is 18.2 Å². The highest BCUT2D eigenvalue weighted by atomic mass is 32.1. The first kappa shape index (κ1) is 10.8. The first-order valence-electron chi connectivity index (χ1n) is 3.90. The van der Waals surface area contributed by atoms with Gasteiger partial charge in [0.2, 0.25) is 0 Å². The van der Waals surface area contributed by atoms with E-state index in [1.807, 2.05) is 0 Å². The van der Waals surface area contributed by atoms with Crippen molar-refractivity contribution in [2.24, 2.45) is 0 Å². The van der Waals surface area contributed by atoms with Gasteiger partial charge in [0.25, 0.3) is 0 Å². The van der Waals surface area contributed by atoms with E-state index in [1.54, 1.807) is 12.1 Å². The lowest BCUT2D eigenvalue weighted by Gasteiger charge is -2.12. The first-order valence-corrected chi connectivity index (χ1v) is 4.71. The van der Waals surface area contributed by atoms with Crippen LogP contribution in [0.3, 0.4) is 0 Å². The largest absolute Gasteiger partial charge is 0.465 e. The smallest absolute Gasteiger partial charge is 0.348 e. The summed E-state index contributed by atoms with van der Waals surface area (Å²) in [7, 11) is 1.31. The highest BCUT2D eigenvalue weighted by molar-refractivity contribution is 7.14. The summed E-state index contributed by atoms with van der Waals surface area (Å²) in [5.74, 6) is 1.82. The summed E-state index contributed by atoms with van der Waals surface area (Å²) >= 11 is 1.13. The molecule has 0 aliphatic carbocycles. The minimum atomic E-state index is -1.32. The van der Waals surface area contributed by atoms with Gasteiger partial charge in [-0.3, -0.25) is 0 Å². The van der Waals surface area contributed by atoms with Crippen LogP contribution in [0.2, 0.25) is 0 Å². The molecule has 1 N–H and O–H groups in total. The molecule has 14 heavy (non-hydrogen) atoms. The van der Waals surface area contributed by atoms with Crippen molar-refractivity contribution in [2.75, 3.05) is 7.11 Å². The van der Waals surface area contributed by atoms with Crippen molar-refractivity contribution in [3.05, 3.63) is 21.9 Å². The zero-order chi connectivity index (χ0) is 10.8. The van der Waals surface area contributed by atoms with Crippen molar-refractivity contribution in [1.82, 2.24) is 0 Å². The van der Waals surface area contributed by atoms with Gasteiger partial charge < -0.3 is 9.84 Å². The third-order valence-electron chi connectivity index (χ3n) is 1.75. The van der Waals surface area contributed by atoms with E-state index in [2.05, 4.69) is 10.7 Å². The fraction of sp³-hybridized carbons (Fsp3) is 0.300. The summed E-state index contributed by atoms with van der Waals surface area (Å²) in [5.41, 5.74) is -1.32. The predicted octanol–water partition coefficient (Wildman–Crippen LogP) is 1.38. The molecule has 0 radical (unpaired) electrons. The van der Waals surface area contributed by atoms with Gasteiger partial charge in [-0.25, -0.2) is 4.79 Å². The van der Waals surface area contributed by atoms with E-state index in [0.717, 1.165) is 11.3 Å². The van der Waals surface area contributed by atoms with Crippen molar-refractivity contribution in [1.29, 1.82) is 0 Å². The topological polar surface area (TPSA) is 46.5 Å². The maximum atomic E-state index is 11.1. The number of methoxy groups -OCH3 is 1. The molecule has 1 aromatic heterocycles. The Morgan fingerprint density at radius 1 is 1.71 bits per heavy atom. The molecular weight excluding hydrogens is 200 g/mol. The number of rotatable bonds is 2. The zero-order valence-corrected chi connectivity index (χ0v) is 8.72. The minimum Gasteiger partial charge on any atom is -0.465 e. The third kappa shape index (κ3) is 1.95. The fourth-order valence-corrected chi connectivity index (χ4v) is 1.81. The quantitative estimate of drug-likeness (QED) is 0.592. The van der Waals surface area contributed by atoms with E-state index in [-0.39, 0.29) is 0 Å². The molecule has 0 aliphatic rings. The molecular formula is C10H10O3S. The lowest BCUT2D eigenvalue weighted by atomic mass is 10.1. The van der Waals surface area contributed by atoms with Crippen molar-refractivity contribution in [2.45, 2.75) is 12.5 Å². The van der Waals surface area contributed by atoms with E-state index in [9.17, 15) is 9.90 Å². The second-order valence-corrected chi connectivity index (χ2v) is 3.96. The number of esters is 1. The molecule has 0 saturated carbocycles. The normalized spacial score (nSPS) is 14.1. The Morgan fingerprint density at radius 2 is 2.36 bits per heavy atom. The third-order valence-corrected chi connectivity index (χ3v) is 3.03. The molecule has 1 heterocycles. The summed E-state index contributed by atoms with van der Waals surface area (Å²) in [4.78, 5) is 12.1. The number of carbonyl (C=O) groups excluding carboxylic acids is 1. The van der Waals surface area contributed by atoms with Crippen LogP contribution in [0.15, 0.2) is 12.1 Å². The van der Waals surface area contributed by atoms with Crippen LogP contribution in [0.5, 0.6) is 0 Å². The highest BCUT2D eigenvalue weighted by Gasteiger charge is 2.23. The Balaban J connectivity index is 3.01. The van der Waals surface area contributed by atoms with Gasteiger partial charge in [0.15, 0.2) is 5.60 Å². The molecule has 0 spiro atoms. The van der Waals surface area contributed by atoms with Gasteiger partial charge in [-0.1, -0.05) is 5.92 Å². The number of hydrogen-bond acceptors (Lipinski definition) is 4. The minimum absolute atomic E-state index is 0.422. The number of carbonyl (C=O) groups is 1. The SMILES string of the molecule is C#CC(C)(O)c1ccc(C(=O)OC)s1. The molecule has 1 rings (SSSR count). The molecule has 74 valence electrons. The van der Waals surface area contributed by atoms with Gasteiger partial charge in [0, 0.05) is 4.88 Å². The summed E-state index contributed by atoms with van der Waals surface area (Å²) in [6.45, 7) is 1.50. The van der Waals surface area contributed by atoms with E-state index < -0.39 is 11.6 Å². The Hall–Kier alpha value is -1.31. The molecule has 0 aromatic carbocycles. The van der Waals surface area contributed by atoms with Crippen molar-refractivity contribution in [3.63, 3.8) is 0 Å². The number of aliphatic hydroxyl groups is 1. The summed E-state index contributed by atoms with van der Waals surface area (Å²) in [6, 6.07) is 3.20. The lowest BCUT2D eigenvalue weighted by Crippen LogP contribution is -2.15. The van der Waals surface area contributed by atoms with Gasteiger partial charge in [-0.15, -0.1) is 17.8 Å². The van der Waals surface area contributed by atoms with Gasteiger partial charge in [0.05, 0.1) is 7.11 Å². The molecule has 0 bridgehead atoms. The van der Waals surface area contributed by atoms with Crippen LogP contribution in [0.1, 0.15) is 21.5 Å². The summed E-state index contributed by atoms with van der Waals surface area (Å²) < 4.78 is 4.53. The van der Waals surface area contributed by atoms with Crippen molar-refractivity contribution >= 4 is 17.3 Å². The van der Waals surface area contributed by atoms with Crippen LogP contribution in [0.4, 0.5) is 0 Å². The van der Waals surface area contributed by atoms with Crippen molar-refractivity contribution < 1.29 is 14.6 Å². The monoisotopic (exact) mass is 210 g/mol. The van der Waals surface area contributed by atoms with Gasteiger partial charge in [0.1, 0.15) is 4.88 Å². The fourth-order valence-electron chi connectivity index (χ4n) is 0.881. The average Bonchev–Trinajstić information content (AvgIpc) is 2.66. The average molecular weight is 210 g/mol. The lowest BCUT2D eigenvalue weighted by molar-refractivity contribution is 0.0606. The van der Waals surface area contributed by atoms with Crippen LogP contribution in [-0.2, 0) is 10.3 Å². The maximum Gasteiger partial charge on any atom is 0.348 e. The van der Waals surface area contributed by atoms with E-state index in [0.29, 0.717) is 9.75 Å². The second-order valence-electron chi connectivity index (χ2n) is 2.87. The van der Waals surface area contributed by atoms with E-state index in [4.69, 9.17) is 6.42 Å². The number of terminal acetylenes is 1. The molecule has 0 fully saturated rings.